The van der Waals surface area contributed by atoms with Crippen LogP contribution >= 0.6 is 0 Å². The molecule has 4 heteroatoms. The number of aromatic nitrogens is 3. The smallest absolute Gasteiger partial charge is 0.213 e. The molecule has 0 aliphatic carbocycles. The topological polar surface area (TPSA) is 39.9 Å². The third-order valence-corrected chi connectivity index (χ3v) is 2.95. The van der Waals surface area contributed by atoms with Gasteiger partial charge in [-0.05, 0) is 24.3 Å². The largest absolute Gasteiger partial charge is 0.481 e. The van der Waals surface area contributed by atoms with Crippen molar-refractivity contribution >= 4 is 10.9 Å². The van der Waals surface area contributed by atoms with Gasteiger partial charge in [-0.15, -0.1) is 0 Å². The molecule has 0 aliphatic rings. The minimum absolute atomic E-state index is 0.632. The third kappa shape index (κ3) is 1.72. The number of methoxy groups -OCH3 is 1. The maximum atomic E-state index is 5.12. The number of imidazole rings is 1. The maximum absolute atomic E-state index is 5.12. The van der Waals surface area contributed by atoms with E-state index in [0.29, 0.717) is 5.88 Å². The van der Waals surface area contributed by atoms with Gasteiger partial charge in [-0.1, -0.05) is 0 Å². The highest BCUT2D eigenvalue weighted by molar-refractivity contribution is 5.83. The SMILES string of the molecule is COc1ccc2cc(-c3nccn3C)ccc2n1. The molecule has 90 valence electrons. The monoisotopic (exact) mass is 239 g/mol. The molecule has 18 heavy (non-hydrogen) atoms. The Hall–Kier alpha value is -2.36. The van der Waals surface area contributed by atoms with Crippen LogP contribution in [0.5, 0.6) is 5.88 Å². The molecule has 0 atom stereocenters. The van der Waals surface area contributed by atoms with Gasteiger partial charge in [-0.3, -0.25) is 0 Å². The molecule has 0 saturated heterocycles. The molecule has 3 rings (SSSR count). The lowest BCUT2D eigenvalue weighted by molar-refractivity contribution is 0.399. The molecule has 4 nitrogen and oxygen atoms in total. The first-order valence-corrected chi connectivity index (χ1v) is 5.70. The summed E-state index contributed by atoms with van der Waals surface area (Å²) in [4.78, 5) is 8.73. The summed E-state index contributed by atoms with van der Waals surface area (Å²) < 4.78 is 7.11. The van der Waals surface area contributed by atoms with Gasteiger partial charge in [-0.2, -0.15) is 0 Å². The van der Waals surface area contributed by atoms with E-state index in [4.69, 9.17) is 4.74 Å². The van der Waals surface area contributed by atoms with Crippen molar-refractivity contribution in [3.05, 3.63) is 42.7 Å². The Morgan fingerprint density at radius 1 is 1.17 bits per heavy atom. The van der Waals surface area contributed by atoms with Crippen LogP contribution in [0.1, 0.15) is 0 Å². The number of hydrogen-bond donors (Lipinski definition) is 0. The number of pyridine rings is 1. The second-order valence-corrected chi connectivity index (χ2v) is 4.12. The Morgan fingerprint density at radius 2 is 2.06 bits per heavy atom. The van der Waals surface area contributed by atoms with Crippen molar-refractivity contribution < 1.29 is 4.74 Å². The predicted octanol–water partition coefficient (Wildman–Crippen LogP) is 2.64. The van der Waals surface area contributed by atoms with Gasteiger partial charge in [0.25, 0.3) is 0 Å². The van der Waals surface area contributed by atoms with Gasteiger partial charge in [0, 0.05) is 36.5 Å². The molecule has 0 aliphatic heterocycles. The summed E-state index contributed by atoms with van der Waals surface area (Å²) in [5.74, 6) is 1.58. The Labute approximate surface area is 105 Å². The summed E-state index contributed by atoms with van der Waals surface area (Å²) in [5.41, 5.74) is 2.01. The van der Waals surface area contributed by atoms with Crippen molar-refractivity contribution in [3.63, 3.8) is 0 Å². The van der Waals surface area contributed by atoms with Crippen LogP contribution in [-0.2, 0) is 7.05 Å². The molecule has 0 spiro atoms. The van der Waals surface area contributed by atoms with E-state index in [1.807, 2.05) is 42.1 Å². The minimum atomic E-state index is 0.632. The third-order valence-electron chi connectivity index (χ3n) is 2.95. The number of hydrogen-bond acceptors (Lipinski definition) is 3. The van der Waals surface area contributed by atoms with E-state index < -0.39 is 0 Å². The van der Waals surface area contributed by atoms with Crippen LogP contribution in [0.2, 0.25) is 0 Å². The van der Waals surface area contributed by atoms with Crippen molar-refractivity contribution in [1.29, 1.82) is 0 Å². The molecular weight excluding hydrogens is 226 g/mol. The molecule has 0 radical (unpaired) electrons. The van der Waals surface area contributed by atoms with Gasteiger partial charge < -0.3 is 9.30 Å². The van der Waals surface area contributed by atoms with Crippen molar-refractivity contribution in [1.82, 2.24) is 14.5 Å². The van der Waals surface area contributed by atoms with E-state index in [1.54, 1.807) is 13.3 Å². The van der Waals surface area contributed by atoms with Gasteiger partial charge in [-0.25, -0.2) is 9.97 Å². The highest BCUT2D eigenvalue weighted by Gasteiger charge is 2.05. The molecule has 0 N–H and O–H groups in total. The van der Waals surface area contributed by atoms with Crippen molar-refractivity contribution in [2.45, 2.75) is 0 Å². The average Bonchev–Trinajstić information content (AvgIpc) is 2.84. The van der Waals surface area contributed by atoms with Crippen LogP contribution in [0.15, 0.2) is 42.7 Å². The quantitative estimate of drug-likeness (QED) is 0.690. The molecule has 0 bridgehead atoms. The highest BCUT2D eigenvalue weighted by Crippen LogP contribution is 2.23. The van der Waals surface area contributed by atoms with Crippen LogP contribution in [0.25, 0.3) is 22.3 Å². The lowest BCUT2D eigenvalue weighted by atomic mass is 10.1. The van der Waals surface area contributed by atoms with E-state index >= 15 is 0 Å². The maximum Gasteiger partial charge on any atom is 0.213 e. The molecule has 3 aromatic rings. The van der Waals surface area contributed by atoms with Gasteiger partial charge in [0.05, 0.1) is 12.6 Å². The van der Waals surface area contributed by atoms with Gasteiger partial charge in [0.1, 0.15) is 5.82 Å². The summed E-state index contributed by atoms with van der Waals surface area (Å²) in [7, 11) is 3.61. The summed E-state index contributed by atoms with van der Waals surface area (Å²) in [6, 6.07) is 9.97. The van der Waals surface area contributed by atoms with Crippen molar-refractivity contribution in [2.75, 3.05) is 7.11 Å². The summed E-state index contributed by atoms with van der Waals surface area (Å²) >= 11 is 0. The first-order valence-electron chi connectivity index (χ1n) is 5.70. The minimum Gasteiger partial charge on any atom is -0.481 e. The van der Waals surface area contributed by atoms with E-state index in [2.05, 4.69) is 16.0 Å². The molecule has 0 saturated carbocycles. The van der Waals surface area contributed by atoms with Crippen LogP contribution in [-0.4, -0.2) is 21.6 Å². The Bertz CT molecular complexity index is 703. The fourth-order valence-corrected chi connectivity index (χ4v) is 2.00. The average molecular weight is 239 g/mol. The number of benzene rings is 1. The summed E-state index contributed by atoms with van der Waals surface area (Å²) in [6.07, 6.45) is 3.73. The van der Waals surface area contributed by atoms with Gasteiger partial charge in [0.2, 0.25) is 5.88 Å². The molecule has 0 fully saturated rings. The van der Waals surface area contributed by atoms with E-state index in [9.17, 15) is 0 Å². The molecule has 0 amide bonds. The second kappa shape index (κ2) is 4.14. The fourth-order valence-electron chi connectivity index (χ4n) is 2.00. The highest BCUT2D eigenvalue weighted by atomic mass is 16.5. The number of ether oxygens (including phenoxy) is 1. The number of fused-ring (bicyclic) bond motifs is 1. The summed E-state index contributed by atoms with van der Waals surface area (Å²) in [6.45, 7) is 0. The van der Waals surface area contributed by atoms with Crippen molar-refractivity contribution in [3.8, 4) is 17.3 Å². The zero-order valence-corrected chi connectivity index (χ0v) is 10.3. The molecule has 2 heterocycles. The molecule has 1 aromatic carbocycles. The van der Waals surface area contributed by atoms with Crippen LogP contribution in [0.3, 0.4) is 0 Å². The lowest BCUT2D eigenvalue weighted by Crippen LogP contribution is -1.92. The Kier molecular flexibility index (Phi) is 2.48. The first kappa shape index (κ1) is 10.8. The van der Waals surface area contributed by atoms with Crippen LogP contribution < -0.4 is 4.74 Å². The predicted molar refractivity (Wildman–Crippen MR) is 70.5 cm³/mol. The number of aryl methyl sites for hydroxylation is 1. The van der Waals surface area contributed by atoms with Crippen molar-refractivity contribution in [2.24, 2.45) is 7.05 Å². The molecule has 0 unspecified atom stereocenters. The van der Waals surface area contributed by atoms with Gasteiger partial charge >= 0.3 is 0 Å². The number of nitrogens with zero attached hydrogens (tertiary/aromatic N) is 3. The first-order chi connectivity index (χ1) is 8.78. The van der Waals surface area contributed by atoms with Crippen LogP contribution in [0, 0.1) is 0 Å². The zero-order chi connectivity index (χ0) is 12.5. The lowest BCUT2D eigenvalue weighted by Gasteiger charge is -2.05. The van der Waals surface area contributed by atoms with E-state index in [1.165, 1.54) is 0 Å². The Balaban J connectivity index is 2.15. The standard InChI is InChI=1S/C14H13N3O/c1-17-8-7-15-14(17)11-3-5-12-10(9-11)4-6-13(16-12)18-2/h3-9H,1-2H3. The van der Waals surface area contributed by atoms with E-state index in [-0.39, 0.29) is 0 Å². The molecule has 2 aromatic heterocycles. The molecular formula is C14H13N3O. The second-order valence-electron chi connectivity index (χ2n) is 4.12. The zero-order valence-electron chi connectivity index (χ0n) is 10.3. The van der Waals surface area contributed by atoms with Gasteiger partial charge in [0.15, 0.2) is 0 Å². The Morgan fingerprint density at radius 3 is 2.78 bits per heavy atom. The normalized spacial score (nSPS) is 10.8. The van der Waals surface area contributed by atoms with E-state index in [0.717, 1.165) is 22.3 Å². The fraction of sp³-hybridized carbons (Fsp3) is 0.143. The summed E-state index contributed by atoms with van der Waals surface area (Å²) in [5, 5.41) is 1.08. The van der Waals surface area contributed by atoms with Crippen LogP contribution in [0.4, 0.5) is 0 Å². The number of rotatable bonds is 2.